The zero-order valence-corrected chi connectivity index (χ0v) is 2.73. The Balaban J connectivity index is 2.32. The van der Waals surface area contributed by atoms with Gasteiger partial charge in [0, 0.05) is 6.42 Å². The van der Waals surface area contributed by atoms with Gasteiger partial charge in [-0.3, -0.25) is 0 Å². The molecule has 0 spiro atoms. The van der Waals surface area contributed by atoms with Gasteiger partial charge in [-0.2, -0.15) is 5.10 Å². The molecule has 0 aliphatic carbocycles. The predicted molar refractivity (Wildman–Crippen MR) is 19.5 cm³/mol. The van der Waals surface area contributed by atoms with Crippen LogP contribution < -0.4 is 5.43 Å². The Labute approximate surface area is 30.9 Å². The van der Waals surface area contributed by atoms with Gasteiger partial charge in [-0.1, -0.05) is 0 Å². The van der Waals surface area contributed by atoms with Crippen molar-refractivity contribution in [2.24, 2.45) is 5.10 Å². The lowest BCUT2D eigenvalue weighted by atomic mass is 10.5. The molecule has 0 fully saturated rings. The van der Waals surface area contributed by atoms with Crippen LogP contribution in [0.5, 0.6) is 0 Å². The summed E-state index contributed by atoms with van der Waals surface area (Å²) in [4.78, 5) is 0. The second-order valence-electron chi connectivity index (χ2n) is 0.807. The van der Waals surface area contributed by atoms with Crippen molar-refractivity contribution in [3.63, 3.8) is 0 Å². The minimum absolute atomic E-state index is 0.847. The van der Waals surface area contributed by atoms with Crippen molar-refractivity contribution in [3.05, 3.63) is 6.54 Å². The summed E-state index contributed by atoms with van der Waals surface area (Å²) in [6, 6.07) is 0. The highest BCUT2D eigenvalue weighted by atomic mass is 15.3. The van der Waals surface area contributed by atoms with Crippen LogP contribution in [-0.2, 0) is 0 Å². The minimum Gasteiger partial charge on any atom is -0.304 e. The Morgan fingerprint density at radius 2 is 3.00 bits per heavy atom. The molecule has 2 heteroatoms. The monoisotopic (exact) mass is 68.0 g/mol. The second-order valence-corrected chi connectivity index (χ2v) is 0.807. The fourth-order valence-corrected chi connectivity index (χ4v) is 0.228. The van der Waals surface area contributed by atoms with Crippen LogP contribution in [0.2, 0.25) is 0 Å². The van der Waals surface area contributed by atoms with Crippen molar-refractivity contribution < 1.29 is 0 Å². The van der Waals surface area contributed by atoms with E-state index in [4.69, 9.17) is 0 Å². The summed E-state index contributed by atoms with van der Waals surface area (Å²) in [5.74, 6) is 0. The van der Waals surface area contributed by atoms with E-state index < -0.39 is 0 Å². The fraction of sp³-hybridized carbons (Fsp3) is 0.333. The maximum Gasteiger partial charge on any atom is 0.0857 e. The normalized spacial score (nSPS) is 19.2. The smallest absolute Gasteiger partial charge is 0.0857 e. The second kappa shape index (κ2) is 1.06. The molecule has 0 aromatic heterocycles. The lowest BCUT2D eigenvalue weighted by Crippen LogP contribution is -1.88. The number of nitrogens with one attached hydrogen (secondary N) is 1. The van der Waals surface area contributed by atoms with Gasteiger partial charge < -0.3 is 5.43 Å². The van der Waals surface area contributed by atoms with Crippen LogP contribution in [-0.4, -0.2) is 6.21 Å². The standard InChI is InChI=1S/C3H4N2/c1-2-4-5-3-1/h2,4H,1H2. The Bertz CT molecular complexity index is 42.9. The highest BCUT2D eigenvalue weighted by molar-refractivity contribution is 5.60. The molecule has 0 atom stereocenters. The van der Waals surface area contributed by atoms with Crippen molar-refractivity contribution in [1.29, 1.82) is 0 Å². The lowest BCUT2D eigenvalue weighted by Gasteiger charge is -1.74. The van der Waals surface area contributed by atoms with Gasteiger partial charge in [-0.25, -0.2) is 0 Å². The molecule has 1 aliphatic rings. The molecule has 0 bridgehead atoms. The molecule has 26 valence electrons. The Morgan fingerprint density at radius 3 is 3.20 bits per heavy atom. The molecule has 0 amide bonds. The number of hydrazone groups is 1. The van der Waals surface area contributed by atoms with Gasteiger partial charge in [-0.05, 0) is 0 Å². The molecule has 0 aromatic rings. The van der Waals surface area contributed by atoms with Gasteiger partial charge in [-0.15, -0.1) is 0 Å². The van der Waals surface area contributed by atoms with Crippen LogP contribution in [0.4, 0.5) is 0 Å². The quantitative estimate of drug-likeness (QED) is 0.424. The zero-order valence-electron chi connectivity index (χ0n) is 2.73. The Kier molecular flexibility index (Phi) is 0.571. The number of rotatable bonds is 0. The largest absolute Gasteiger partial charge is 0.304 e. The molecule has 0 aromatic carbocycles. The van der Waals surface area contributed by atoms with E-state index in [9.17, 15) is 0 Å². The number of hydrogen-bond acceptors (Lipinski definition) is 2. The summed E-state index contributed by atoms with van der Waals surface area (Å²) in [5.41, 5.74) is 2.61. The van der Waals surface area contributed by atoms with E-state index in [1.165, 1.54) is 0 Å². The first-order chi connectivity index (χ1) is 2.50. The van der Waals surface area contributed by atoms with Gasteiger partial charge >= 0.3 is 0 Å². The average molecular weight is 68.1 g/mol. The number of hydrogen-bond donors (Lipinski definition) is 1. The Morgan fingerprint density at radius 1 is 2.00 bits per heavy atom. The van der Waals surface area contributed by atoms with Gasteiger partial charge in [0.2, 0.25) is 0 Å². The average Bonchev–Trinajstić information content (AvgIpc) is 1.76. The molecule has 0 saturated carbocycles. The minimum atomic E-state index is 0.847. The molecular weight excluding hydrogens is 64.0 g/mol. The summed E-state index contributed by atoms with van der Waals surface area (Å²) < 4.78 is 0. The molecule has 0 saturated heterocycles. The summed E-state index contributed by atoms with van der Waals surface area (Å²) in [7, 11) is 0. The SMILES string of the molecule is [C]1=NN[CH]C1. The molecule has 5 heavy (non-hydrogen) atoms. The summed E-state index contributed by atoms with van der Waals surface area (Å²) >= 11 is 0. The highest BCUT2D eigenvalue weighted by Gasteiger charge is 1.85. The molecule has 2 nitrogen and oxygen atoms in total. The zero-order chi connectivity index (χ0) is 3.54. The maximum atomic E-state index is 3.53. The highest BCUT2D eigenvalue weighted by Crippen LogP contribution is 1.82. The molecule has 1 heterocycles. The van der Waals surface area contributed by atoms with Crippen LogP contribution >= 0.6 is 0 Å². The number of nitrogens with zero attached hydrogens (tertiary/aromatic N) is 1. The van der Waals surface area contributed by atoms with Crippen LogP contribution in [0, 0.1) is 6.54 Å². The van der Waals surface area contributed by atoms with Crippen molar-refractivity contribution in [1.82, 2.24) is 5.43 Å². The molecule has 2 radical (unpaired) electrons. The topological polar surface area (TPSA) is 24.4 Å². The Hall–Kier alpha value is -0.530. The van der Waals surface area contributed by atoms with E-state index in [1.807, 2.05) is 6.54 Å². The van der Waals surface area contributed by atoms with E-state index in [1.54, 1.807) is 0 Å². The lowest BCUT2D eigenvalue weighted by molar-refractivity contribution is 0.918. The van der Waals surface area contributed by atoms with Crippen molar-refractivity contribution >= 4 is 6.21 Å². The molecule has 1 rings (SSSR count). The van der Waals surface area contributed by atoms with Crippen molar-refractivity contribution in [2.45, 2.75) is 6.42 Å². The van der Waals surface area contributed by atoms with E-state index in [0.717, 1.165) is 6.42 Å². The van der Waals surface area contributed by atoms with Crippen molar-refractivity contribution in [2.75, 3.05) is 0 Å². The van der Waals surface area contributed by atoms with Gasteiger partial charge in [0.25, 0.3) is 0 Å². The molecular formula is C3H4N2. The van der Waals surface area contributed by atoms with E-state index in [2.05, 4.69) is 16.7 Å². The third-order valence-corrected chi connectivity index (χ3v) is 0.428. The van der Waals surface area contributed by atoms with Gasteiger partial charge in [0.15, 0.2) is 0 Å². The molecule has 1 N–H and O–H groups in total. The molecule has 1 aliphatic heterocycles. The van der Waals surface area contributed by atoms with E-state index in [-0.39, 0.29) is 0 Å². The first-order valence-corrected chi connectivity index (χ1v) is 1.50. The first-order valence-electron chi connectivity index (χ1n) is 1.50. The third kappa shape index (κ3) is 0.375. The summed E-state index contributed by atoms with van der Waals surface area (Å²) in [6.45, 7) is 1.83. The van der Waals surface area contributed by atoms with Crippen LogP contribution in [0.1, 0.15) is 6.42 Å². The van der Waals surface area contributed by atoms with Crippen LogP contribution in [0.25, 0.3) is 0 Å². The van der Waals surface area contributed by atoms with Gasteiger partial charge in [0.05, 0.1) is 12.8 Å². The van der Waals surface area contributed by atoms with E-state index >= 15 is 0 Å². The van der Waals surface area contributed by atoms with Crippen LogP contribution in [0.15, 0.2) is 5.10 Å². The summed E-state index contributed by atoms with van der Waals surface area (Å²) in [5, 5.41) is 3.53. The first kappa shape index (κ1) is 2.69. The molecule has 0 unspecified atom stereocenters. The maximum absolute atomic E-state index is 3.53. The third-order valence-electron chi connectivity index (χ3n) is 0.428. The van der Waals surface area contributed by atoms with Crippen molar-refractivity contribution in [3.8, 4) is 0 Å². The fourth-order valence-electron chi connectivity index (χ4n) is 0.228. The predicted octanol–water partition coefficient (Wildman–Crippen LogP) is 0.00429. The summed E-state index contributed by atoms with van der Waals surface area (Å²) in [6.07, 6.45) is 3.53. The van der Waals surface area contributed by atoms with E-state index in [0.29, 0.717) is 0 Å². The van der Waals surface area contributed by atoms with Crippen LogP contribution in [0.3, 0.4) is 0 Å². The van der Waals surface area contributed by atoms with Gasteiger partial charge in [0.1, 0.15) is 0 Å².